The van der Waals surface area contributed by atoms with Crippen LogP contribution >= 0.6 is 0 Å². The summed E-state index contributed by atoms with van der Waals surface area (Å²) in [7, 11) is 0. The van der Waals surface area contributed by atoms with Crippen LogP contribution in [-0.2, 0) is 11.2 Å². The van der Waals surface area contributed by atoms with Crippen LogP contribution in [-0.4, -0.2) is 22.9 Å². The Morgan fingerprint density at radius 1 is 0.857 bits per heavy atom. The maximum absolute atomic E-state index is 10.6. The van der Waals surface area contributed by atoms with Crippen LogP contribution < -0.4 is 4.74 Å². The van der Waals surface area contributed by atoms with E-state index in [9.17, 15) is 5.11 Å². The average molecular weight is 487 g/mol. The number of phenols is 1. The smallest absolute Gasteiger partial charge is 0.133 e. The van der Waals surface area contributed by atoms with Crippen LogP contribution in [0.4, 0.5) is 0 Å². The van der Waals surface area contributed by atoms with Gasteiger partial charge in [-0.1, -0.05) is 72.6 Å². The van der Waals surface area contributed by atoms with Crippen molar-refractivity contribution in [1.29, 1.82) is 0 Å². The van der Waals surface area contributed by atoms with Crippen LogP contribution in [0.15, 0.2) is 0 Å². The third-order valence-electron chi connectivity index (χ3n) is 8.87. The molecule has 3 rings (SSSR count). The summed E-state index contributed by atoms with van der Waals surface area (Å²) >= 11 is 0. The molecule has 1 N–H and O–H groups in total. The fraction of sp³-hybridized carbons (Fsp3) is 0.812. The quantitative estimate of drug-likeness (QED) is 0.285. The maximum atomic E-state index is 10.6. The van der Waals surface area contributed by atoms with E-state index in [1.807, 2.05) is 13.8 Å². The molecule has 2 aliphatic rings. The Hall–Kier alpha value is -1.22. The van der Waals surface area contributed by atoms with E-state index in [2.05, 4.69) is 41.5 Å². The maximum Gasteiger partial charge on any atom is 0.133 e. The fourth-order valence-electron chi connectivity index (χ4n) is 5.87. The first kappa shape index (κ1) is 28.4. The summed E-state index contributed by atoms with van der Waals surface area (Å²) in [5.74, 6) is 3.88. The molecule has 0 saturated heterocycles. The van der Waals surface area contributed by atoms with Crippen molar-refractivity contribution in [3.63, 3.8) is 0 Å². The third kappa shape index (κ3) is 7.63. The van der Waals surface area contributed by atoms with Crippen molar-refractivity contribution in [3.8, 4) is 11.5 Å². The van der Waals surface area contributed by atoms with Crippen molar-refractivity contribution in [2.24, 2.45) is 17.8 Å². The lowest BCUT2D eigenvalue weighted by atomic mass is 9.81. The van der Waals surface area contributed by atoms with E-state index in [1.165, 1.54) is 64.2 Å². The molecule has 1 aliphatic heterocycles. The standard InChI is InChI=1S/C32H54O3/c1-21(2)12-9-13-22(3)14-10-15-23(4)16-11-19-32(8)29(34-27-17-18-27)20-28-26(7)30(33)24(5)25(6)31(28)35-32/h21-23,27,29,33H,9-20H2,1-8H3/t22-,23+,29?,32-/m0/s1. The second-order valence-corrected chi connectivity index (χ2v) is 12.8. The Balaban J connectivity index is 1.52. The molecule has 1 aromatic carbocycles. The van der Waals surface area contributed by atoms with Crippen molar-refractivity contribution in [2.75, 3.05) is 0 Å². The number of hydrogen-bond donors (Lipinski definition) is 1. The molecule has 0 amide bonds. The summed E-state index contributed by atoms with van der Waals surface area (Å²) in [6.07, 6.45) is 15.3. The van der Waals surface area contributed by atoms with Gasteiger partial charge in [0.1, 0.15) is 23.2 Å². The largest absolute Gasteiger partial charge is 0.507 e. The SMILES string of the molecule is Cc1c(C)c2c(c(C)c1O)CC(OC1CC1)[C@](C)(CCC[C@H](C)CCC[C@@H](C)CCCC(C)C)O2. The lowest BCUT2D eigenvalue weighted by Crippen LogP contribution is -2.51. The molecule has 0 radical (unpaired) electrons. The molecule has 0 bridgehead atoms. The molecule has 4 atom stereocenters. The molecule has 200 valence electrons. The highest BCUT2D eigenvalue weighted by atomic mass is 16.6. The summed E-state index contributed by atoms with van der Waals surface area (Å²) in [5.41, 5.74) is 3.82. The topological polar surface area (TPSA) is 38.7 Å². The van der Waals surface area contributed by atoms with Crippen molar-refractivity contribution < 1.29 is 14.6 Å². The van der Waals surface area contributed by atoms with Crippen LogP contribution in [0.25, 0.3) is 0 Å². The van der Waals surface area contributed by atoms with Gasteiger partial charge < -0.3 is 14.6 Å². The van der Waals surface area contributed by atoms with Gasteiger partial charge in [-0.3, -0.25) is 0 Å². The number of benzene rings is 1. The van der Waals surface area contributed by atoms with Crippen LogP contribution in [0.1, 0.15) is 128 Å². The van der Waals surface area contributed by atoms with Gasteiger partial charge in [-0.2, -0.15) is 0 Å². The van der Waals surface area contributed by atoms with Crippen molar-refractivity contribution >= 4 is 0 Å². The van der Waals surface area contributed by atoms with Crippen LogP contribution in [0.2, 0.25) is 0 Å². The van der Waals surface area contributed by atoms with E-state index in [0.717, 1.165) is 58.6 Å². The Kier molecular flexibility index (Phi) is 10.0. The highest BCUT2D eigenvalue weighted by Gasteiger charge is 2.45. The average Bonchev–Trinajstić information content (AvgIpc) is 3.61. The zero-order valence-corrected chi connectivity index (χ0v) is 24.1. The predicted molar refractivity (Wildman–Crippen MR) is 148 cm³/mol. The van der Waals surface area contributed by atoms with Crippen LogP contribution in [0.5, 0.6) is 11.5 Å². The molecule has 1 aliphatic carbocycles. The zero-order chi connectivity index (χ0) is 25.8. The van der Waals surface area contributed by atoms with Crippen LogP contribution in [0, 0.1) is 38.5 Å². The van der Waals surface area contributed by atoms with Gasteiger partial charge in [-0.05, 0) is 87.8 Å². The van der Waals surface area contributed by atoms with E-state index in [0.29, 0.717) is 11.9 Å². The summed E-state index contributed by atoms with van der Waals surface area (Å²) < 4.78 is 13.3. The van der Waals surface area contributed by atoms with Gasteiger partial charge in [0.05, 0.1) is 6.10 Å². The number of phenolic OH excluding ortho intramolecular Hbond substituents is 1. The van der Waals surface area contributed by atoms with Gasteiger partial charge >= 0.3 is 0 Å². The molecule has 3 nitrogen and oxygen atoms in total. The molecular formula is C32H54O3. The van der Waals surface area contributed by atoms with Gasteiger partial charge in [0.15, 0.2) is 0 Å². The first-order valence-corrected chi connectivity index (χ1v) is 14.7. The van der Waals surface area contributed by atoms with Gasteiger partial charge in [0.25, 0.3) is 0 Å². The summed E-state index contributed by atoms with van der Waals surface area (Å²) in [4.78, 5) is 0. The van der Waals surface area contributed by atoms with Crippen molar-refractivity contribution in [3.05, 3.63) is 22.3 Å². The molecule has 1 unspecified atom stereocenters. The zero-order valence-electron chi connectivity index (χ0n) is 24.1. The Morgan fingerprint density at radius 3 is 2.00 bits per heavy atom. The summed E-state index contributed by atoms with van der Waals surface area (Å²) in [5, 5.41) is 10.6. The molecule has 1 aromatic rings. The number of fused-ring (bicyclic) bond motifs is 1. The van der Waals surface area contributed by atoms with E-state index in [-0.39, 0.29) is 11.7 Å². The Morgan fingerprint density at radius 2 is 1.43 bits per heavy atom. The van der Waals surface area contributed by atoms with E-state index >= 15 is 0 Å². The summed E-state index contributed by atoms with van der Waals surface area (Å²) in [6, 6.07) is 0. The minimum Gasteiger partial charge on any atom is -0.507 e. The number of hydrogen-bond acceptors (Lipinski definition) is 3. The molecule has 0 aromatic heterocycles. The van der Waals surface area contributed by atoms with Crippen LogP contribution in [0.3, 0.4) is 0 Å². The molecule has 1 fully saturated rings. The highest BCUT2D eigenvalue weighted by molar-refractivity contribution is 5.58. The lowest BCUT2D eigenvalue weighted by molar-refractivity contribution is -0.105. The molecule has 35 heavy (non-hydrogen) atoms. The summed E-state index contributed by atoms with van der Waals surface area (Å²) in [6.45, 7) is 17.9. The predicted octanol–water partition coefficient (Wildman–Crippen LogP) is 9.00. The number of ether oxygens (including phenoxy) is 2. The highest BCUT2D eigenvalue weighted by Crippen LogP contribution is 2.46. The van der Waals surface area contributed by atoms with E-state index in [1.54, 1.807) is 0 Å². The van der Waals surface area contributed by atoms with Crippen molar-refractivity contribution in [1.82, 2.24) is 0 Å². The second kappa shape index (κ2) is 12.3. The minimum atomic E-state index is -0.305. The molecule has 1 heterocycles. The lowest BCUT2D eigenvalue weighted by Gasteiger charge is -2.44. The van der Waals surface area contributed by atoms with Gasteiger partial charge in [-0.25, -0.2) is 0 Å². The second-order valence-electron chi connectivity index (χ2n) is 12.8. The Bertz CT molecular complexity index is 825. The third-order valence-corrected chi connectivity index (χ3v) is 8.87. The number of rotatable bonds is 14. The van der Waals surface area contributed by atoms with Crippen molar-refractivity contribution in [2.45, 2.75) is 150 Å². The molecule has 0 spiro atoms. The van der Waals surface area contributed by atoms with E-state index in [4.69, 9.17) is 9.47 Å². The monoisotopic (exact) mass is 486 g/mol. The minimum absolute atomic E-state index is 0.0599. The Labute approximate surface area is 216 Å². The molecular weight excluding hydrogens is 432 g/mol. The molecule has 3 heteroatoms. The van der Waals surface area contributed by atoms with Gasteiger partial charge in [-0.15, -0.1) is 0 Å². The molecule has 1 saturated carbocycles. The first-order chi connectivity index (χ1) is 16.5. The fourth-order valence-corrected chi connectivity index (χ4v) is 5.87. The van der Waals surface area contributed by atoms with Gasteiger partial charge in [0, 0.05) is 12.0 Å². The first-order valence-electron chi connectivity index (χ1n) is 14.7. The normalized spacial score (nSPS) is 23.7. The van der Waals surface area contributed by atoms with E-state index < -0.39 is 0 Å². The van der Waals surface area contributed by atoms with Gasteiger partial charge in [0.2, 0.25) is 0 Å². The number of aromatic hydroxyl groups is 1.